The Kier molecular flexibility index (Phi) is 4.33. The van der Waals surface area contributed by atoms with Gasteiger partial charge in [0.1, 0.15) is 0 Å². The van der Waals surface area contributed by atoms with Crippen molar-refractivity contribution in [2.24, 2.45) is 0 Å². The monoisotopic (exact) mass is 341 g/mol. The van der Waals surface area contributed by atoms with E-state index in [9.17, 15) is 0 Å². The highest BCUT2D eigenvalue weighted by molar-refractivity contribution is 9.10. The maximum atomic E-state index is 6.09. The molecule has 0 spiro atoms. The van der Waals surface area contributed by atoms with Crippen molar-refractivity contribution in [3.8, 4) is 5.69 Å². The number of hydrogen-bond donors (Lipinski definition) is 1. The van der Waals surface area contributed by atoms with Crippen LogP contribution in [0, 0.1) is 0 Å². The third-order valence-electron chi connectivity index (χ3n) is 2.65. The van der Waals surface area contributed by atoms with E-state index in [2.05, 4.69) is 47.1 Å². The zero-order chi connectivity index (χ0) is 14.0. The van der Waals surface area contributed by atoms with Gasteiger partial charge in [0.25, 0.3) is 0 Å². The first-order valence-electron chi connectivity index (χ1n) is 6.09. The van der Waals surface area contributed by atoms with E-state index < -0.39 is 0 Å². The molecule has 0 amide bonds. The topological polar surface area (TPSA) is 29.9 Å². The highest BCUT2D eigenvalue weighted by atomic mass is 79.9. The van der Waals surface area contributed by atoms with Gasteiger partial charge in [0.15, 0.2) is 0 Å². The Balaban J connectivity index is 2.33. The number of benzene rings is 1. The molecule has 1 aromatic heterocycles. The van der Waals surface area contributed by atoms with Gasteiger partial charge in [-0.1, -0.05) is 17.7 Å². The molecule has 5 heteroatoms. The van der Waals surface area contributed by atoms with E-state index in [0.717, 1.165) is 22.3 Å². The average Bonchev–Trinajstić information content (AvgIpc) is 2.73. The molecule has 2 aromatic rings. The predicted octanol–water partition coefficient (Wildman–Crippen LogP) is 4.18. The van der Waals surface area contributed by atoms with Crippen LogP contribution in [0.3, 0.4) is 0 Å². The van der Waals surface area contributed by atoms with Crippen molar-refractivity contribution in [3.63, 3.8) is 0 Å². The van der Waals surface area contributed by atoms with Gasteiger partial charge in [-0.05, 0) is 54.4 Å². The first-order chi connectivity index (χ1) is 8.85. The van der Waals surface area contributed by atoms with E-state index in [4.69, 9.17) is 11.6 Å². The van der Waals surface area contributed by atoms with Crippen molar-refractivity contribution in [1.29, 1.82) is 0 Å². The Morgan fingerprint density at radius 1 is 1.37 bits per heavy atom. The van der Waals surface area contributed by atoms with E-state index in [1.54, 1.807) is 6.20 Å². The Bertz CT molecular complexity index is 572. The molecule has 2 rings (SSSR count). The van der Waals surface area contributed by atoms with Crippen molar-refractivity contribution in [3.05, 3.63) is 45.7 Å². The van der Waals surface area contributed by atoms with E-state index in [0.29, 0.717) is 5.02 Å². The molecule has 0 atom stereocenters. The number of nitrogens with zero attached hydrogens (tertiary/aromatic N) is 2. The summed E-state index contributed by atoms with van der Waals surface area (Å²) >= 11 is 9.50. The third kappa shape index (κ3) is 4.06. The molecule has 0 fully saturated rings. The summed E-state index contributed by atoms with van der Waals surface area (Å²) in [6, 6.07) is 5.87. The summed E-state index contributed by atoms with van der Waals surface area (Å²) in [6.07, 6.45) is 3.69. The number of nitrogens with one attached hydrogen (secondary N) is 1. The fourth-order valence-electron chi connectivity index (χ4n) is 1.69. The SMILES string of the molecule is CC(C)(C)NCc1ccc(Cl)cc1-n1cc(Br)cn1. The number of halogens is 2. The zero-order valence-electron chi connectivity index (χ0n) is 11.2. The third-order valence-corrected chi connectivity index (χ3v) is 3.30. The van der Waals surface area contributed by atoms with Gasteiger partial charge in [-0.3, -0.25) is 0 Å². The number of rotatable bonds is 3. The van der Waals surface area contributed by atoms with Gasteiger partial charge >= 0.3 is 0 Å². The molecule has 1 heterocycles. The number of aromatic nitrogens is 2. The van der Waals surface area contributed by atoms with Crippen molar-refractivity contribution >= 4 is 27.5 Å². The molecule has 0 radical (unpaired) electrons. The van der Waals surface area contributed by atoms with Crippen LogP contribution < -0.4 is 5.32 Å². The maximum absolute atomic E-state index is 6.09. The molecule has 1 N–H and O–H groups in total. The van der Waals surface area contributed by atoms with Gasteiger partial charge in [0.2, 0.25) is 0 Å². The summed E-state index contributed by atoms with van der Waals surface area (Å²) in [5, 5.41) is 8.50. The van der Waals surface area contributed by atoms with Gasteiger partial charge in [0, 0.05) is 23.3 Å². The van der Waals surface area contributed by atoms with Crippen LogP contribution in [0.4, 0.5) is 0 Å². The molecule has 1 aromatic carbocycles. The highest BCUT2D eigenvalue weighted by Crippen LogP contribution is 2.21. The summed E-state index contributed by atoms with van der Waals surface area (Å²) < 4.78 is 2.78. The lowest BCUT2D eigenvalue weighted by Crippen LogP contribution is -2.35. The smallest absolute Gasteiger partial charge is 0.0705 e. The van der Waals surface area contributed by atoms with Crippen molar-refractivity contribution in [2.75, 3.05) is 0 Å². The minimum Gasteiger partial charge on any atom is -0.308 e. The number of hydrogen-bond acceptors (Lipinski definition) is 2. The average molecular weight is 343 g/mol. The van der Waals surface area contributed by atoms with Crippen LogP contribution in [-0.2, 0) is 6.54 Å². The van der Waals surface area contributed by atoms with Crippen molar-refractivity contribution in [1.82, 2.24) is 15.1 Å². The van der Waals surface area contributed by atoms with Gasteiger partial charge in [-0.15, -0.1) is 0 Å². The van der Waals surface area contributed by atoms with E-state index in [1.165, 1.54) is 0 Å². The lowest BCUT2D eigenvalue weighted by Gasteiger charge is -2.21. The Hall–Kier alpha value is -0.840. The fraction of sp³-hybridized carbons (Fsp3) is 0.357. The minimum atomic E-state index is 0.0710. The Morgan fingerprint density at radius 3 is 2.68 bits per heavy atom. The van der Waals surface area contributed by atoms with Crippen LogP contribution >= 0.6 is 27.5 Å². The molecular formula is C14H17BrClN3. The standard InChI is InChI=1S/C14H17BrClN3/c1-14(2,3)17-7-10-4-5-12(16)6-13(10)19-9-11(15)8-18-19/h4-6,8-9,17H,7H2,1-3H3. The molecule has 0 bridgehead atoms. The summed E-state index contributed by atoms with van der Waals surface area (Å²) in [5.41, 5.74) is 2.23. The van der Waals surface area contributed by atoms with E-state index in [-0.39, 0.29) is 5.54 Å². The molecule has 0 aliphatic rings. The van der Waals surface area contributed by atoms with Crippen LogP contribution in [0.25, 0.3) is 5.69 Å². The summed E-state index contributed by atoms with van der Waals surface area (Å²) in [7, 11) is 0. The van der Waals surface area contributed by atoms with Crippen LogP contribution in [0.5, 0.6) is 0 Å². The van der Waals surface area contributed by atoms with Crippen LogP contribution in [0.1, 0.15) is 26.3 Å². The lowest BCUT2D eigenvalue weighted by atomic mass is 10.1. The van der Waals surface area contributed by atoms with Gasteiger partial charge in [-0.2, -0.15) is 5.10 Å². The second-order valence-corrected chi connectivity index (χ2v) is 6.83. The molecule has 0 saturated heterocycles. The van der Waals surface area contributed by atoms with E-state index >= 15 is 0 Å². The molecule has 19 heavy (non-hydrogen) atoms. The molecule has 0 saturated carbocycles. The second kappa shape index (κ2) is 5.65. The van der Waals surface area contributed by atoms with Crippen LogP contribution in [-0.4, -0.2) is 15.3 Å². The van der Waals surface area contributed by atoms with Crippen LogP contribution in [0.2, 0.25) is 5.02 Å². The first-order valence-corrected chi connectivity index (χ1v) is 7.26. The van der Waals surface area contributed by atoms with Crippen LogP contribution in [0.15, 0.2) is 35.1 Å². The van der Waals surface area contributed by atoms with Crippen molar-refractivity contribution < 1.29 is 0 Å². The summed E-state index contributed by atoms with van der Waals surface area (Å²) in [5.74, 6) is 0. The first kappa shape index (κ1) is 14.6. The predicted molar refractivity (Wildman–Crippen MR) is 82.9 cm³/mol. The molecule has 0 aliphatic heterocycles. The molecule has 102 valence electrons. The largest absolute Gasteiger partial charge is 0.308 e. The lowest BCUT2D eigenvalue weighted by molar-refractivity contribution is 0.424. The molecule has 3 nitrogen and oxygen atoms in total. The summed E-state index contributed by atoms with van der Waals surface area (Å²) in [6.45, 7) is 7.21. The maximum Gasteiger partial charge on any atom is 0.0705 e. The van der Waals surface area contributed by atoms with Gasteiger partial charge in [-0.25, -0.2) is 4.68 Å². The fourth-order valence-corrected chi connectivity index (χ4v) is 2.14. The second-order valence-electron chi connectivity index (χ2n) is 5.48. The minimum absolute atomic E-state index is 0.0710. The summed E-state index contributed by atoms with van der Waals surface area (Å²) in [4.78, 5) is 0. The molecular weight excluding hydrogens is 326 g/mol. The normalized spacial score (nSPS) is 11.8. The Labute approximate surface area is 127 Å². The van der Waals surface area contributed by atoms with Gasteiger partial charge in [0.05, 0.1) is 16.4 Å². The Morgan fingerprint density at radius 2 is 2.11 bits per heavy atom. The zero-order valence-corrected chi connectivity index (χ0v) is 13.6. The molecule has 0 unspecified atom stereocenters. The van der Waals surface area contributed by atoms with E-state index in [1.807, 2.05) is 29.1 Å². The quantitative estimate of drug-likeness (QED) is 0.907. The molecule has 0 aliphatic carbocycles. The highest BCUT2D eigenvalue weighted by Gasteiger charge is 2.12. The van der Waals surface area contributed by atoms with Gasteiger partial charge < -0.3 is 5.32 Å². The van der Waals surface area contributed by atoms with Crippen molar-refractivity contribution in [2.45, 2.75) is 32.9 Å².